The first-order chi connectivity index (χ1) is 11.9. The van der Waals surface area contributed by atoms with Crippen molar-refractivity contribution in [1.82, 2.24) is 5.32 Å². The van der Waals surface area contributed by atoms with E-state index in [4.69, 9.17) is 11.6 Å². The van der Waals surface area contributed by atoms with Gasteiger partial charge in [0.25, 0.3) is 15.9 Å². The van der Waals surface area contributed by atoms with E-state index in [1.165, 1.54) is 24.3 Å². The molecule has 25 heavy (non-hydrogen) atoms. The summed E-state index contributed by atoms with van der Waals surface area (Å²) in [6.45, 7) is 0. The van der Waals surface area contributed by atoms with E-state index in [1.807, 2.05) is 0 Å². The molecule has 0 bridgehead atoms. The molecule has 0 aliphatic heterocycles. The number of amides is 1. The van der Waals surface area contributed by atoms with Crippen LogP contribution in [0.25, 0.3) is 0 Å². The van der Waals surface area contributed by atoms with E-state index in [9.17, 15) is 13.2 Å². The molecule has 7 heteroatoms. The number of carbonyl (C=O) groups is 1. The van der Waals surface area contributed by atoms with Gasteiger partial charge >= 0.3 is 0 Å². The second kappa shape index (κ2) is 7.45. The number of sulfonamides is 1. The molecule has 132 valence electrons. The van der Waals surface area contributed by atoms with Crippen molar-refractivity contribution < 1.29 is 13.2 Å². The predicted molar refractivity (Wildman–Crippen MR) is 98.4 cm³/mol. The van der Waals surface area contributed by atoms with Gasteiger partial charge in [-0.3, -0.25) is 9.52 Å². The van der Waals surface area contributed by atoms with Gasteiger partial charge in [0.1, 0.15) is 0 Å². The summed E-state index contributed by atoms with van der Waals surface area (Å²) in [5, 5.41) is 3.47. The first-order valence-corrected chi connectivity index (χ1v) is 9.99. The Labute approximate surface area is 152 Å². The van der Waals surface area contributed by atoms with Gasteiger partial charge in [0.05, 0.1) is 4.90 Å². The van der Waals surface area contributed by atoms with E-state index >= 15 is 0 Å². The molecule has 0 radical (unpaired) electrons. The van der Waals surface area contributed by atoms with Crippen LogP contribution in [0.1, 0.15) is 36.0 Å². The fourth-order valence-corrected chi connectivity index (χ4v) is 4.04. The monoisotopic (exact) mass is 378 g/mol. The minimum Gasteiger partial charge on any atom is -0.349 e. The maximum atomic E-state index is 12.3. The van der Waals surface area contributed by atoms with Crippen molar-refractivity contribution >= 4 is 33.2 Å². The molecule has 1 aliphatic carbocycles. The Balaban J connectivity index is 1.67. The van der Waals surface area contributed by atoms with Crippen LogP contribution < -0.4 is 10.0 Å². The highest BCUT2D eigenvalue weighted by Crippen LogP contribution is 2.20. The van der Waals surface area contributed by atoms with E-state index < -0.39 is 10.0 Å². The van der Waals surface area contributed by atoms with Crippen LogP contribution in [0.3, 0.4) is 0 Å². The molecule has 3 rings (SSSR count). The quantitative estimate of drug-likeness (QED) is 0.830. The molecule has 2 N–H and O–H groups in total. The molecule has 1 fully saturated rings. The minimum absolute atomic E-state index is 0.125. The minimum atomic E-state index is -3.69. The smallest absolute Gasteiger partial charge is 0.261 e. The summed E-state index contributed by atoms with van der Waals surface area (Å²) in [5.41, 5.74) is 0.911. The molecule has 1 aliphatic rings. The molecular formula is C18H19ClN2O3S. The number of benzene rings is 2. The van der Waals surface area contributed by atoms with Crippen LogP contribution in [0.2, 0.25) is 5.02 Å². The Hall–Kier alpha value is -2.05. The molecule has 0 heterocycles. The summed E-state index contributed by atoms with van der Waals surface area (Å²) in [7, 11) is -3.69. The SMILES string of the molecule is O=C(NC1CCCC1)c1ccc(NS(=O)(=O)c2ccc(Cl)cc2)cc1. The highest BCUT2D eigenvalue weighted by atomic mass is 35.5. The van der Waals surface area contributed by atoms with Gasteiger partial charge in [0.15, 0.2) is 0 Å². The van der Waals surface area contributed by atoms with E-state index in [0.29, 0.717) is 16.3 Å². The number of rotatable bonds is 5. The fraction of sp³-hybridized carbons (Fsp3) is 0.278. The highest BCUT2D eigenvalue weighted by Gasteiger charge is 2.18. The Morgan fingerprint density at radius 2 is 1.56 bits per heavy atom. The van der Waals surface area contributed by atoms with E-state index in [2.05, 4.69) is 10.0 Å². The number of hydrogen-bond acceptors (Lipinski definition) is 3. The van der Waals surface area contributed by atoms with Gasteiger partial charge in [-0.2, -0.15) is 0 Å². The third kappa shape index (κ3) is 4.52. The third-order valence-corrected chi connectivity index (χ3v) is 5.86. The number of anilines is 1. The van der Waals surface area contributed by atoms with Gasteiger partial charge in [-0.05, 0) is 61.4 Å². The lowest BCUT2D eigenvalue weighted by atomic mass is 10.1. The van der Waals surface area contributed by atoms with E-state index in [-0.39, 0.29) is 16.8 Å². The molecule has 0 unspecified atom stereocenters. The van der Waals surface area contributed by atoms with Crippen LogP contribution in [0, 0.1) is 0 Å². The van der Waals surface area contributed by atoms with Gasteiger partial charge in [-0.25, -0.2) is 8.42 Å². The summed E-state index contributed by atoms with van der Waals surface area (Å²) in [6.07, 6.45) is 4.34. The molecule has 1 saturated carbocycles. The molecule has 1 amide bonds. The van der Waals surface area contributed by atoms with Crippen molar-refractivity contribution in [3.05, 3.63) is 59.1 Å². The van der Waals surface area contributed by atoms with Crippen molar-refractivity contribution in [2.75, 3.05) is 4.72 Å². The summed E-state index contributed by atoms with van der Waals surface area (Å²) >= 11 is 5.78. The van der Waals surface area contributed by atoms with Crippen molar-refractivity contribution in [2.45, 2.75) is 36.6 Å². The molecule has 0 atom stereocenters. The molecular weight excluding hydrogens is 360 g/mol. The van der Waals surface area contributed by atoms with Crippen LogP contribution in [-0.4, -0.2) is 20.4 Å². The molecule has 2 aromatic carbocycles. The highest BCUT2D eigenvalue weighted by molar-refractivity contribution is 7.92. The molecule has 0 saturated heterocycles. The number of hydrogen-bond donors (Lipinski definition) is 2. The summed E-state index contributed by atoms with van der Waals surface area (Å²) in [5.74, 6) is -0.126. The van der Waals surface area contributed by atoms with Gasteiger partial charge in [-0.15, -0.1) is 0 Å². The van der Waals surface area contributed by atoms with E-state index in [1.54, 1.807) is 24.3 Å². The third-order valence-electron chi connectivity index (χ3n) is 4.21. The maximum Gasteiger partial charge on any atom is 0.261 e. The van der Waals surface area contributed by atoms with E-state index in [0.717, 1.165) is 25.7 Å². The van der Waals surface area contributed by atoms with Crippen molar-refractivity contribution in [3.63, 3.8) is 0 Å². The largest absolute Gasteiger partial charge is 0.349 e. The van der Waals surface area contributed by atoms with Crippen molar-refractivity contribution in [2.24, 2.45) is 0 Å². The topological polar surface area (TPSA) is 75.3 Å². The van der Waals surface area contributed by atoms with Crippen LogP contribution in [0.5, 0.6) is 0 Å². The zero-order chi connectivity index (χ0) is 17.9. The zero-order valence-corrected chi connectivity index (χ0v) is 15.1. The molecule has 2 aromatic rings. The molecule has 0 aromatic heterocycles. The summed E-state index contributed by atoms with van der Waals surface area (Å²) in [6, 6.07) is 12.6. The average molecular weight is 379 g/mol. The van der Waals surface area contributed by atoms with Crippen molar-refractivity contribution in [1.29, 1.82) is 0 Å². The van der Waals surface area contributed by atoms with Crippen molar-refractivity contribution in [3.8, 4) is 0 Å². The van der Waals surface area contributed by atoms with Gasteiger partial charge < -0.3 is 5.32 Å². The summed E-state index contributed by atoms with van der Waals surface area (Å²) < 4.78 is 27.1. The first kappa shape index (κ1) is 17.8. The number of halogens is 1. The van der Waals surface area contributed by atoms with Crippen LogP contribution in [-0.2, 0) is 10.0 Å². The Bertz CT molecular complexity index is 843. The van der Waals surface area contributed by atoms with Crippen LogP contribution >= 0.6 is 11.6 Å². The molecule has 0 spiro atoms. The Morgan fingerprint density at radius 1 is 0.960 bits per heavy atom. The number of carbonyl (C=O) groups excluding carboxylic acids is 1. The fourth-order valence-electron chi connectivity index (χ4n) is 2.86. The Kier molecular flexibility index (Phi) is 5.30. The molecule has 5 nitrogen and oxygen atoms in total. The maximum absolute atomic E-state index is 12.3. The average Bonchev–Trinajstić information content (AvgIpc) is 3.08. The van der Waals surface area contributed by atoms with Gasteiger partial charge in [0, 0.05) is 22.3 Å². The van der Waals surface area contributed by atoms with Crippen LogP contribution in [0.15, 0.2) is 53.4 Å². The lowest BCUT2D eigenvalue weighted by Gasteiger charge is -2.12. The standard InChI is InChI=1S/C18H19ClN2O3S/c19-14-7-11-17(12-8-14)25(23,24)21-16-9-5-13(6-10-16)18(22)20-15-3-1-2-4-15/h5-12,15,21H,1-4H2,(H,20,22). The zero-order valence-electron chi connectivity index (χ0n) is 13.5. The second-order valence-corrected chi connectivity index (χ2v) is 8.21. The first-order valence-electron chi connectivity index (χ1n) is 8.13. The summed E-state index contributed by atoms with van der Waals surface area (Å²) in [4.78, 5) is 12.3. The Morgan fingerprint density at radius 3 is 2.16 bits per heavy atom. The van der Waals surface area contributed by atoms with Gasteiger partial charge in [-0.1, -0.05) is 24.4 Å². The van der Waals surface area contributed by atoms with Gasteiger partial charge in [0.2, 0.25) is 0 Å². The predicted octanol–water partition coefficient (Wildman–Crippen LogP) is 3.81. The normalized spacial score (nSPS) is 15.1. The lowest BCUT2D eigenvalue weighted by molar-refractivity contribution is 0.0938. The second-order valence-electron chi connectivity index (χ2n) is 6.09. The lowest BCUT2D eigenvalue weighted by Crippen LogP contribution is -2.32. The van der Waals surface area contributed by atoms with Crippen LogP contribution in [0.4, 0.5) is 5.69 Å². The number of nitrogens with one attached hydrogen (secondary N) is 2.